The van der Waals surface area contributed by atoms with Crippen molar-refractivity contribution in [2.24, 2.45) is 23.7 Å². The second-order valence-electron chi connectivity index (χ2n) is 11.9. The van der Waals surface area contributed by atoms with Gasteiger partial charge in [-0.05, 0) is 89.1 Å². The van der Waals surface area contributed by atoms with Crippen LogP contribution in [0.25, 0.3) is 0 Å². The summed E-state index contributed by atoms with van der Waals surface area (Å²) in [7, 11) is 1.46. The number of aliphatic hydroxyl groups is 2. The molecule has 0 amide bonds. The van der Waals surface area contributed by atoms with Crippen LogP contribution in [-0.4, -0.2) is 54.1 Å². The van der Waals surface area contributed by atoms with Crippen molar-refractivity contribution in [3.63, 3.8) is 0 Å². The highest BCUT2D eigenvalue weighted by atomic mass is 32.1. The highest BCUT2D eigenvalue weighted by molar-refractivity contribution is 7.75. The predicted molar refractivity (Wildman–Crippen MR) is 174 cm³/mol. The minimum absolute atomic E-state index is 0.00351. The first-order chi connectivity index (χ1) is 19.4. The lowest BCUT2D eigenvalue weighted by molar-refractivity contribution is -0.116. The van der Waals surface area contributed by atoms with Gasteiger partial charge >= 0.3 is 0 Å². The van der Waals surface area contributed by atoms with E-state index in [9.17, 15) is 15.0 Å². The minimum Gasteiger partial charge on any atom is -0.493 e. The summed E-state index contributed by atoms with van der Waals surface area (Å²) in [6.07, 6.45) is 14.9. The molecule has 1 rings (SSSR count). The van der Waals surface area contributed by atoms with Crippen LogP contribution in [0.1, 0.15) is 101 Å². The zero-order valence-electron chi connectivity index (χ0n) is 27.4. The molecule has 7 heteroatoms. The molecule has 0 bridgehead atoms. The van der Waals surface area contributed by atoms with Gasteiger partial charge in [0, 0.05) is 5.92 Å². The first-order valence-corrected chi connectivity index (χ1v) is 15.8. The molecule has 1 fully saturated rings. The van der Waals surface area contributed by atoms with Crippen molar-refractivity contribution < 1.29 is 28.7 Å². The minimum atomic E-state index is -0.504. The number of thiol groups is 1. The molecular formula is C34H60O6S. The third kappa shape index (κ3) is 16.2. The average Bonchev–Trinajstić information content (AvgIpc) is 2.94. The molecule has 41 heavy (non-hydrogen) atoms. The number of hydrogen-bond acceptors (Lipinski definition) is 7. The fourth-order valence-corrected chi connectivity index (χ4v) is 5.54. The van der Waals surface area contributed by atoms with Gasteiger partial charge in [-0.3, -0.25) is 4.79 Å². The van der Waals surface area contributed by atoms with E-state index in [0.717, 1.165) is 37.7 Å². The van der Waals surface area contributed by atoms with Gasteiger partial charge in [0.25, 0.3) is 0 Å². The van der Waals surface area contributed by atoms with Crippen LogP contribution in [0.3, 0.4) is 0 Å². The van der Waals surface area contributed by atoms with E-state index in [1.54, 1.807) is 6.08 Å². The Labute approximate surface area is 256 Å². The first kappa shape index (κ1) is 39.6. The van der Waals surface area contributed by atoms with E-state index >= 15 is 0 Å². The molecule has 0 aromatic heterocycles. The third-order valence-corrected chi connectivity index (χ3v) is 8.03. The fourth-order valence-electron chi connectivity index (χ4n) is 5.24. The average molecular weight is 597 g/mol. The molecule has 0 aromatic rings. The molecule has 2 N–H and O–H groups in total. The number of methoxy groups -OCH3 is 1. The molecule has 0 radical (unpaired) electrons. The summed E-state index contributed by atoms with van der Waals surface area (Å²) < 4.78 is 16.7. The molecule has 6 nitrogen and oxygen atoms in total. The van der Waals surface area contributed by atoms with E-state index in [-0.39, 0.29) is 42.0 Å². The summed E-state index contributed by atoms with van der Waals surface area (Å²) in [5.41, 5.74) is 2.07. The molecule has 0 spiro atoms. The molecule has 1 aliphatic rings. The molecule has 0 aliphatic carbocycles. The number of carbonyl (C=O) groups excluding carboxylic acids is 1. The highest BCUT2D eigenvalue weighted by Gasteiger charge is 2.30. The lowest BCUT2D eigenvalue weighted by Gasteiger charge is -2.36. The van der Waals surface area contributed by atoms with Crippen molar-refractivity contribution in [1.82, 2.24) is 0 Å². The molecule has 238 valence electrons. The van der Waals surface area contributed by atoms with Crippen molar-refractivity contribution in [3.05, 3.63) is 47.3 Å². The maximum Gasteiger partial charge on any atom is 0.184 e. The van der Waals surface area contributed by atoms with Gasteiger partial charge in [0.15, 0.2) is 12.0 Å². The van der Waals surface area contributed by atoms with Crippen molar-refractivity contribution >= 4 is 19.2 Å². The second kappa shape index (κ2) is 22.2. The van der Waals surface area contributed by atoms with Crippen LogP contribution >= 0.6 is 12.9 Å². The van der Waals surface area contributed by atoms with Gasteiger partial charge in [0.2, 0.25) is 0 Å². The van der Waals surface area contributed by atoms with Gasteiger partial charge in [0.1, 0.15) is 0 Å². The monoisotopic (exact) mass is 596 g/mol. The van der Waals surface area contributed by atoms with E-state index in [1.165, 1.54) is 12.7 Å². The fraction of sp³-hybridized carbons (Fsp3) is 0.735. The standard InChI is InChI=1S/C32H54O6S.C2H6/c1-21(2)31-19-27(34)18-28(37-31)14-13-24(5)30(38-39)12-10-9-11-22(3)15-25(6)32(35)26(7)16-23(4)17-29(20-33)36-8;1-2/h9-11,16-17,20-21,24-28,30-32,34-35,39H,12-15,18-19H2,1-8H3;1-2H3/b10-9+,22-11+,23-16+,29-17-;/t24?,25-,26?,27?,28?,30?,31?,32?;/m0./s1. The Balaban J connectivity index is 0.00000781. The molecule has 0 aromatic carbocycles. The van der Waals surface area contributed by atoms with Crippen LogP contribution in [0, 0.1) is 23.7 Å². The van der Waals surface area contributed by atoms with Crippen LogP contribution < -0.4 is 0 Å². The number of rotatable bonds is 17. The first-order valence-electron chi connectivity index (χ1n) is 15.4. The topological polar surface area (TPSA) is 85.2 Å². The maximum absolute atomic E-state index is 10.9. The summed E-state index contributed by atoms with van der Waals surface area (Å²) in [6.45, 7) is 18.5. The smallest absolute Gasteiger partial charge is 0.184 e. The Morgan fingerprint density at radius 3 is 2.32 bits per heavy atom. The van der Waals surface area contributed by atoms with Crippen LogP contribution in [-0.2, 0) is 18.5 Å². The molecule has 1 heterocycles. The van der Waals surface area contributed by atoms with E-state index < -0.39 is 6.10 Å². The molecule has 1 aliphatic heterocycles. The lowest BCUT2D eigenvalue weighted by atomic mass is 9.87. The Hall–Kier alpha value is -1.38. The quantitative estimate of drug-likeness (QED) is 0.0397. The van der Waals surface area contributed by atoms with E-state index in [4.69, 9.17) is 13.7 Å². The number of carbonyl (C=O) groups is 1. The summed E-state index contributed by atoms with van der Waals surface area (Å²) in [4.78, 5) is 10.9. The maximum atomic E-state index is 10.9. The zero-order valence-corrected chi connectivity index (χ0v) is 28.3. The van der Waals surface area contributed by atoms with Crippen molar-refractivity contribution in [1.29, 1.82) is 0 Å². The van der Waals surface area contributed by atoms with Gasteiger partial charge < -0.3 is 23.9 Å². The molecule has 8 atom stereocenters. The van der Waals surface area contributed by atoms with Crippen LogP contribution in [0.4, 0.5) is 0 Å². The summed E-state index contributed by atoms with van der Waals surface area (Å²) in [6, 6.07) is 0. The number of allylic oxidation sites excluding steroid dienone is 6. The summed E-state index contributed by atoms with van der Waals surface area (Å²) in [5.74, 6) is 1.01. The number of hydrogen-bond donors (Lipinski definition) is 3. The predicted octanol–water partition coefficient (Wildman–Crippen LogP) is 7.81. The number of ether oxygens (including phenoxy) is 2. The lowest BCUT2D eigenvalue weighted by Crippen LogP contribution is -2.38. The molecule has 7 unspecified atom stereocenters. The Kier molecular flexibility index (Phi) is 21.5. The molecule has 0 saturated carbocycles. The van der Waals surface area contributed by atoms with E-state index in [1.807, 2.05) is 33.8 Å². The molecule has 1 saturated heterocycles. The largest absolute Gasteiger partial charge is 0.493 e. The van der Waals surface area contributed by atoms with Gasteiger partial charge in [-0.2, -0.15) is 0 Å². The normalized spacial score (nSPS) is 24.3. The zero-order chi connectivity index (χ0) is 31.5. The van der Waals surface area contributed by atoms with Crippen molar-refractivity contribution in [2.45, 2.75) is 131 Å². The summed E-state index contributed by atoms with van der Waals surface area (Å²) >= 11 is 4.13. The highest BCUT2D eigenvalue weighted by Crippen LogP contribution is 2.29. The van der Waals surface area contributed by atoms with E-state index in [0.29, 0.717) is 24.5 Å². The Bertz CT molecular complexity index is 833. The van der Waals surface area contributed by atoms with Crippen molar-refractivity contribution in [2.75, 3.05) is 7.11 Å². The van der Waals surface area contributed by atoms with Crippen LogP contribution in [0.5, 0.6) is 0 Å². The third-order valence-electron chi connectivity index (χ3n) is 7.76. The SMILES string of the molecule is CC.CO/C(C=O)=C\C(C)=C\C(C)C(O)[C@@H](C)C/C(C)=C/C=C/CC(OS)C(C)CCC1CC(O)CC(C(C)C)O1. The van der Waals surface area contributed by atoms with E-state index in [2.05, 4.69) is 65.8 Å². The van der Waals surface area contributed by atoms with Gasteiger partial charge in [-0.25, -0.2) is 0 Å². The van der Waals surface area contributed by atoms with Gasteiger partial charge in [0.05, 0.1) is 37.6 Å². The number of aldehydes is 1. The Morgan fingerprint density at radius 1 is 1.10 bits per heavy atom. The van der Waals surface area contributed by atoms with Crippen LogP contribution in [0.2, 0.25) is 0 Å². The van der Waals surface area contributed by atoms with Crippen LogP contribution in [0.15, 0.2) is 47.3 Å². The van der Waals surface area contributed by atoms with Crippen molar-refractivity contribution in [3.8, 4) is 0 Å². The van der Waals surface area contributed by atoms with Gasteiger partial charge in [-0.15, -0.1) is 0 Å². The second-order valence-corrected chi connectivity index (χ2v) is 12.1. The molecular weight excluding hydrogens is 536 g/mol. The summed E-state index contributed by atoms with van der Waals surface area (Å²) in [5, 5.41) is 21.0. The Morgan fingerprint density at radius 2 is 1.76 bits per heavy atom. The van der Waals surface area contributed by atoms with Gasteiger partial charge in [-0.1, -0.05) is 83.9 Å². The number of aliphatic hydroxyl groups excluding tert-OH is 2.